The molecule has 0 aromatic carbocycles. The second kappa shape index (κ2) is 4.26. The third kappa shape index (κ3) is 2.66. The highest BCUT2D eigenvalue weighted by atomic mass is 16.4. The van der Waals surface area contributed by atoms with Gasteiger partial charge in [0, 0.05) is 13.6 Å². The van der Waals surface area contributed by atoms with Crippen LogP contribution in [0.3, 0.4) is 0 Å². The van der Waals surface area contributed by atoms with Crippen LogP contribution in [0.5, 0.6) is 0 Å². The molecule has 0 aliphatic carbocycles. The first-order valence-corrected chi connectivity index (χ1v) is 4.46. The first kappa shape index (κ1) is 11.4. The van der Waals surface area contributed by atoms with Crippen LogP contribution in [0.15, 0.2) is 0 Å². The minimum atomic E-state index is -1.15. The largest absolute Gasteiger partial charge is 0.480 e. The van der Waals surface area contributed by atoms with Crippen LogP contribution < -0.4 is 11.1 Å². The zero-order valence-corrected chi connectivity index (χ0v) is 8.27. The molecule has 4 N–H and O–H groups in total. The van der Waals surface area contributed by atoms with Crippen molar-refractivity contribution >= 4 is 17.9 Å². The van der Waals surface area contributed by atoms with Gasteiger partial charge in [-0.05, 0) is 6.42 Å². The quantitative estimate of drug-likeness (QED) is 0.535. The van der Waals surface area contributed by atoms with E-state index in [0.717, 1.165) is 0 Å². The fraction of sp³-hybridized carbons (Fsp3) is 0.625. The second-order valence-electron chi connectivity index (χ2n) is 3.55. The van der Waals surface area contributed by atoms with Crippen LogP contribution in [-0.2, 0) is 9.59 Å². The summed E-state index contributed by atoms with van der Waals surface area (Å²) in [5, 5.41) is 10.7. The second-order valence-corrected chi connectivity index (χ2v) is 3.55. The third-order valence-corrected chi connectivity index (χ3v) is 2.30. The van der Waals surface area contributed by atoms with Gasteiger partial charge in [0.15, 0.2) is 0 Å². The van der Waals surface area contributed by atoms with Crippen molar-refractivity contribution in [1.82, 2.24) is 10.2 Å². The monoisotopic (exact) mass is 215 g/mol. The maximum atomic E-state index is 11.3. The van der Waals surface area contributed by atoms with Crippen molar-refractivity contribution in [2.75, 3.05) is 13.6 Å². The van der Waals surface area contributed by atoms with Crippen LogP contribution in [0.25, 0.3) is 0 Å². The van der Waals surface area contributed by atoms with Gasteiger partial charge in [-0.3, -0.25) is 14.9 Å². The van der Waals surface area contributed by atoms with Crippen molar-refractivity contribution in [3.63, 3.8) is 0 Å². The molecule has 1 unspecified atom stereocenters. The standard InChI is InChI=1S/C8H13N3O4/c1-11-3-4(2-5(9)7(13)14)6(12)10-8(11)15/h4-5H,2-3,9H2,1H3,(H,13,14)(H,10,12,15)/t4-,5?/m1/s1. The fourth-order valence-electron chi connectivity index (χ4n) is 1.39. The highest BCUT2D eigenvalue weighted by Gasteiger charge is 2.32. The smallest absolute Gasteiger partial charge is 0.323 e. The summed E-state index contributed by atoms with van der Waals surface area (Å²) in [4.78, 5) is 34.1. The van der Waals surface area contributed by atoms with Crippen LogP contribution >= 0.6 is 0 Å². The average molecular weight is 215 g/mol. The Morgan fingerprint density at radius 1 is 1.73 bits per heavy atom. The molecule has 84 valence electrons. The summed E-state index contributed by atoms with van der Waals surface area (Å²) in [6, 6.07) is -1.55. The predicted molar refractivity (Wildman–Crippen MR) is 49.9 cm³/mol. The molecule has 0 spiro atoms. The Hall–Kier alpha value is -1.63. The van der Waals surface area contributed by atoms with E-state index in [1.807, 2.05) is 0 Å². The first-order valence-electron chi connectivity index (χ1n) is 4.46. The van der Waals surface area contributed by atoms with E-state index in [9.17, 15) is 14.4 Å². The molecule has 1 aliphatic heterocycles. The Labute approximate surface area is 86.2 Å². The molecule has 2 atom stereocenters. The van der Waals surface area contributed by atoms with E-state index in [0.29, 0.717) is 0 Å². The van der Waals surface area contributed by atoms with E-state index in [1.54, 1.807) is 0 Å². The van der Waals surface area contributed by atoms with Gasteiger partial charge in [0.05, 0.1) is 5.92 Å². The topological polar surface area (TPSA) is 113 Å². The van der Waals surface area contributed by atoms with Crippen LogP contribution in [-0.4, -0.2) is 47.5 Å². The maximum absolute atomic E-state index is 11.3. The van der Waals surface area contributed by atoms with E-state index in [4.69, 9.17) is 10.8 Å². The molecule has 0 aromatic rings. The van der Waals surface area contributed by atoms with E-state index >= 15 is 0 Å². The molecule has 1 saturated heterocycles. The summed E-state index contributed by atoms with van der Waals surface area (Å²) >= 11 is 0. The molecule has 1 fully saturated rings. The van der Waals surface area contributed by atoms with Crippen LogP contribution in [0.4, 0.5) is 4.79 Å². The van der Waals surface area contributed by atoms with Crippen molar-refractivity contribution in [1.29, 1.82) is 0 Å². The lowest BCUT2D eigenvalue weighted by molar-refractivity contribution is -0.139. The first-order chi connectivity index (χ1) is 6.91. The minimum absolute atomic E-state index is 0.0266. The number of nitrogens with two attached hydrogens (primary N) is 1. The lowest BCUT2D eigenvalue weighted by atomic mass is 9.97. The number of carboxylic acid groups (broad SMARTS) is 1. The molecule has 0 radical (unpaired) electrons. The number of carbonyl (C=O) groups excluding carboxylic acids is 2. The van der Waals surface area contributed by atoms with Gasteiger partial charge < -0.3 is 15.7 Å². The van der Waals surface area contributed by atoms with Gasteiger partial charge in [0.1, 0.15) is 6.04 Å². The normalized spacial score (nSPS) is 23.6. The fourth-order valence-corrected chi connectivity index (χ4v) is 1.39. The Morgan fingerprint density at radius 2 is 2.33 bits per heavy atom. The number of hydrogen-bond acceptors (Lipinski definition) is 4. The molecule has 7 heteroatoms. The third-order valence-electron chi connectivity index (χ3n) is 2.30. The summed E-state index contributed by atoms with van der Waals surface area (Å²) in [6.45, 7) is 0.200. The number of hydrogen-bond donors (Lipinski definition) is 3. The van der Waals surface area contributed by atoms with E-state index in [1.165, 1.54) is 11.9 Å². The molecule has 1 heterocycles. The number of carboxylic acids is 1. The van der Waals surface area contributed by atoms with Crippen LogP contribution in [0, 0.1) is 5.92 Å². The van der Waals surface area contributed by atoms with Crippen molar-refractivity contribution in [2.24, 2.45) is 11.7 Å². The van der Waals surface area contributed by atoms with Gasteiger partial charge in [0.2, 0.25) is 5.91 Å². The number of rotatable bonds is 3. The molecule has 3 amide bonds. The van der Waals surface area contributed by atoms with Crippen LogP contribution in [0.2, 0.25) is 0 Å². The summed E-state index contributed by atoms with van der Waals surface area (Å²) < 4.78 is 0. The van der Waals surface area contributed by atoms with Crippen LogP contribution in [0.1, 0.15) is 6.42 Å². The SMILES string of the molecule is CN1C[C@@H](CC(N)C(=O)O)C(=O)NC1=O. The number of imide groups is 1. The number of urea groups is 1. The molecule has 0 saturated carbocycles. The molecular weight excluding hydrogens is 202 g/mol. The summed E-state index contributed by atoms with van der Waals surface area (Å²) in [5.41, 5.74) is 5.31. The summed E-state index contributed by atoms with van der Waals surface area (Å²) in [6.07, 6.45) is 0.0266. The number of nitrogens with one attached hydrogen (secondary N) is 1. The number of aliphatic carboxylic acids is 1. The maximum Gasteiger partial charge on any atom is 0.323 e. The van der Waals surface area contributed by atoms with Crippen molar-refractivity contribution in [2.45, 2.75) is 12.5 Å². The van der Waals surface area contributed by atoms with Gasteiger partial charge in [-0.2, -0.15) is 0 Å². The average Bonchev–Trinajstić information content (AvgIpc) is 2.13. The lowest BCUT2D eigenvalue weighted by Gasteiger charge is -2.29. The Bertz CT molecular complexity index is 304. The summed E-state index contributed by atoms with van der Waals surface area (Å²) in [7, 11) is 1.53. The highest BCUT2D eigenvalue weighted by Crippen LogP contribution is 2.12. The molecule has 1 aliphatic rings. The van der Waals surface area contributed by atoms with Gasteiger partial charge in [-0.15, -0.1) is 0 Å². The van der Waals surface area contributed by atoms with Crippen molar-refractivity contribution < 1.29 is 19.5 Å². The molecule has 0 aromatic heterocycles. The Balaban J connectivity index is 2.59. The van der Waals surface area contributed by atoms with E-state index < -0.39 is 29.9 Å². The van der Waals surface area contributed by atoms with Gasteiger partial charge >= 0.3 is 12.0 Å². The number of amides is 3. The Kier molecular flexibility index (Phi) is 3.25. The molecule has 1 rings (SSSR count). The zero-order valence-electron chi connectivity index (χ0n) is 8.27. The van der Waals surface area contributed by atoms with Gasteiger partial charge in [-0.1, -0.05) is 0 Å². The van der Waals surface area contributed by atoms with Gasteiger partial charge in [0.25, 0.3) is 0 Å². The van der Waals surface area contributed by atoms with Crippen molar-refractivity contribution in [3.8, 4) is 0 Å². The number of carbonyl (C=O) groups is 3. The highest BCUT2D eigenvalue weighted by molar-refractivity contribution is 5.98. The Morgan fingerprint density at radius 3 is 2.87 bits per heavy atom. The lowest BCUT2D eigenvalue weighted by Crippen LogP contribution is -2.54. The number of nitrogens with zero attached hydrogens (tertiary/aromatic N) is 1. The molecular formula is C8H13N3O4. The molecule has 7 nitrogen and oxygen atoms in total. The van der Waals surface area contributed by atoms with E-state index in [-0.39, 0.29) is 13.0 Å². The van der Waals surface area contributed by atoms with Crippen molar-refractivity contribution in [3.05, 3.63) is 0 Å². The molecule has 0 bridgehead atoms. The summed E-state index contributed by atoms with van der Waals surface area (Å²) in [5.74, 6) is -2.17. The van der Waals surface area contributed by atoms with E-state index in [2.05, 4.69) is 5.32 Å². The molecule has 15 heavy (non-hydrogen) atoms. The van der Waals surface area contributed by atoms with Gasteiger partial charge in [-0.25, -0.2) is 4.79 Å². The predicted octanol–water partition coefficient (Wildman–Crippen LogP) is -1.41. The zero-order chi connectivity index (χ0) is 11.6. The minimum Gasteiger partial charge on any atom is -0.480 e.